The van der Waals surface area contributed by atoms with E-state index in [9.17, 15) is 18.0 Å². The Balaban J connectivity index is 0.000000345. The lowest BCUT2D eigenvalue weighted by Crippen LogP contribution is -2.47. The van der Waals surface area contributed by atoms with Gasteiger partial charge in [-0.05, 0) is 18.9 Å². The number of aromatic nitrogens is 1. The molecule has 11 heteroatoms. The zero-order valence-corrected chi connectivity index (χ0v) is 15.4. The van der Waals surface area contributed by atoms with Gasteiger partial charge in [0.2, 0.25) is 5.88 Å². The molecule has 0 saturated carbocycles. The van der Waals surface area contributed by atoms with Crippen LogP contribution in [0, 0.1) is 0 Å². The quantitative estimate of drug-likeness (QED) is 0.809. The molecule has 2 fully saturated rings. The summed E-state index contributed by atoms with van der Waals surface area (Å²) in [5.74, 6) is -2.18. The number of carboxylic acids is 1. The summed E-state index contributed by atoms with van der Waals surface area (Å²) in [6.07, 6.45) is -1.66. The lowest BCUT2D eigenvalue weighted by Gasteiger charge is -2.33. The average Bonchev–Trinajstić information content (AvgIpc) is 3.00. The molecule has 0 bridgehead atoms. The van der Waals surface area contributed by atoms with Gasteiger partial charge in [0.15, 0.2) is 0 Å². The van der Waals surface area contributed by atoms with Crippen molar-refractivity contribution in [1.29, 1.82) is 0 Å². The Bertz CT molecular complexity index is 672. The van der Waals surface area contributed by atoms with E-state index in [-0.39, 0.29) is 24.3 Å². The van der Waals surface area contributed by atoms with Gasteiger partial charge in [-0.1, -0.05) is 6.07 Å². The van der Waals surface area contributed by atoms with Gasteiger partial charge in [0, 0.05) is 33.0 Å². The number of aliphatic carboxylic acids is 1. The fourth-order valence-electron chi connectivity index (χ4n) is 3.06. The summed E-state index contributed by atoms with van der Waals surface area (Å²) in [4.78, 5) is 28.9. The summed E-state index contributed by atoms with van der Waals surface area (Å²) < 4.78 is 43.6. The van der Waals surface area contributed by atoms with Gasteiger partial charge in [-0.2, -0.15) is 13.2 Å². The first-order chi connectivity index (χ1) is 13.1. The van der Waals surface area contributed by atoms with E-state index in [0.717, 1.165) is 19.4 Å². The van der Waals surface area contributed by atoms with Crippen molar-refractivity contribution >= 4 is 12.0 Å². The van der Waals surface area contributed by atoms with Gasteiger partial charge in [-0.15, -0.1) is 0 Å². The highest BCUT2D eigenvalue weighted by molar-refractivity contribution is 5.75. The number of carboxylic acid groups (broad SMARTS) is 1. The summed E-state index contributed by atoms with van der Waals surface area (Å²) >= 11 is 0. The van der Waals surface area contributed by atoms with Gasteiger partial charge in [-0.3, -0.25) is 0 Å². The molecule has 1 aromatic rings. The number of fused-ring (bicyclic) bond motifs is 1. The van der Waals surface area contributed by atoms with Crippen LogP contribution in [0.3, 0.4) is 0 Å². The molecule has 1 aromatic heterocycles. The van der Waals surface area contributed by atoms with E-state index in [2.05, 4.69) is 4.98 Å². The first kappa shape index (κ1) is 21.7. The fraction of sp³-hybridized carbons (Fsp3) is 0.588. The first-order valence-corrected chi connectivity index (χ1v) is 8.58. The Morgan fingerprint density at radius 1 is 1.36 bits per heavy atom. The monoisotopic (exact) mass is 405 g/mol. The van der Waals surface area contributed by atoms with Crippen molar-refractivity contribution in [3.63, 3.8) is 0 Å². The van der Waals surface area contributed by atoms with Crippen molar-refractivity contribution in [3.05, 3.63) is 24.4 Å². The van der Waals surface area contributed by atoms with Crippen LogP contribution in [0.15, 0.2) is 24.4 Å². The highest BCUT2D eigenvalue weighted by atomic mass is 19.4. The number of ether oxygens (including phenoxy) is 2. The Morgan fingerprint density at radius 3 is 2.57 bits per heavy atom. The van der Waals surface area contributed by atoms with Crippen LogP contribution < -0.4 is 4.74 Å². The van der Waals surface area contributed by atoms with Crippen LogP contribution in [0.4, 0.5) is 18.0 Å². The number of hydrogen-bond donors (Lipinski definition) is 1. The number of pyridine rings is 1. The maximum absolute atomic E-state index is 12.3. The largest absolute Gasteiger partial charge is 0.490 e. The molecule has 0 unspecified atom stereocenters. The van der Waals surface area contributed by atoms with Gasteiger partial charge < -0.3 is 24.4 Å². The Kier molecular flexibility index (Phi) is 7.05. The molecule has 0 aromatic carbocycles. The fourth-order valence-corrected chi connectivity index (χ4v) is 3.06. The Hall–Kier alpha value is -2.56. The summed E-state index contributed by atoms with van der Waals surface area (Å²) in [6.45, 7) is 1.27. The van der Waals surface area contributed by atoms with E-state index < -0.39 is 12.1 Å². The van der Waals surface area contributed by atoms with Crippen LogP contribution in [0.5, 0.6) is 5.88 Å². The highest BCUT2D eigenvalue weighted by Crippen LogP contribution is 2.31. The molecule has 0 aliphatic carbocycles. The van der Waals surface area contributed by atoms with E-state index in [1.165, 1.54) is 0 Å². The maximum Gasteiger partial charge on any atom is 0.490 e. The topological polar surface area (TPSA) is 92.2 Å². The second-order valence-corrected chi connectivity index (χ2v) is 6.50. The molecule has 2 amide bonds. The number of hydrogen-bond acceptors (Lipinski definition) is 5. The van der Waals surface area contributed by atoms with Gasteiger partial charge in [-0.25, -0.2) is 14.6 Å². The van der Waals surface area contributed by atoms with Crippen molar-refractivity contribution in [2.45, 2.75) is 37.3 Å². The van der Waals surface area contributed by atoms with E-state index in [1.807, 2.05) is 23.1 Å². The zero-order chi connectivity index (χ0) is 20.9. The first-order valence-electron chi connectivity index (χ1n) is 8.58. The van der Waals surface area contributed by atoms with Gasteiger partial charge in [0.05, 0.1) is 12.6 Å². The number of likely N-dealkylation sites (tertiary alicyclic amines) is 1. The van der Waals surface area contributed by atoms with Crippen molar-refractivity contribution in [2.24, 2.45) is 0 Å². The molecule has 3 rings (SSSR count). The molecule has 3 heterocycles. The minimum Gasteiger partial charge on any atom is -0.475 e. The lowest BCUT2D eigenvalue weighted by atomic mass is 10.0. The molecule has 8 nitrogen and oxygen atoms in total. The third-order valence-electron chi connectivity index (χ3n) is 4.26. The standard InChI is InChI=1S/C15H21N3O3.C2HF3O2/c1-17(2)15(19)18-10-12(14-11(18)6-5-9-20-14)21-13-7-3-4-8-16-13;3-2(4,5)1(6)7/h3-4,7-8,11-12,14H,5-6,9-10H2,1-2H3;(H,6,7)/t11-,12+,14+;/m1./s1. The number of nitrogens with zero attached hydrogens (tertiary/aromatic N) is 3. The van der Waals surface area contributed by atoms with Crippen molar-refractivity contribution in [3.8, 4) is 5.88 Å². The second-order valence-electron chi connectivity index (χ2n) is 6.50. The van der Waals surface area contributed by atoms with E-state index >= 15 is 0 Å². The number of alkyl halides is 3. The summed E-state index contributed by atoms with van der Waals surface area (Å²) in [5.41, 5.74) is 0. The number of carbonyl (C=O) groups excluding carboxylic acids is 1. The molecule has 2 aliphatic heterocycles. The van der Waals surface area contributed by atoms with Gasteiger partial charge in [0.1, 0.15) is 12.2 Å². The average molecular weight is 405 g/mol. The lowest BCUT2D eigenvalue weighted by molar-refractivity contribution is -0.192. The predicted molar refractivity (Wildman–Crippen MR) is 90.9 cm³/mol. The molecule has 2 aliphatic rings. The molecule has 0 radical (unpaired) electrons. The molecular weight excluding hydrogens is 383 g/mol. The van der Waals surface area contributed by atoms with Crippen LogP contribution in [0.1, 0.15) is 12.8 Å². The van der Waals surface area contributed by atoms with Crippen molar-refractivity contribution in [1.82, 2.24) is 14.8 Å². The van der Waals surface area contributed by atoms with Crippen LogP contribution in [-0.2, 0) is 9.53 Å². The van der Waals surface area contributed by atoms with Crippen molar-refractivity contribution in [2.75, 3.05) is 27.2 Å². The maximum atomic E-state index is 12.3. The van der Waals surface area contributed by atoms with Gasteiger partial charge >= 0.3 is 18.2 Å². The molecular formula is C17H22F3N3O5. The zero-order valence-electron chi connectivity index (χ0n) is 15.4. The van der Waals surface area contributed by atoms with Crippen LogP contribution >= 0.6 is 0 Å². The van der Waals surface area contributed by atoms with E-state index in [0.29, 0.717) is 12.4 Å². The van der Waals surface area contributed by atoms with E-state index in [1.54, 1.807) is 25.2 Å². The summed E-state index contributed by atoms with van der Waals surface area (Å²) in [6, 6.07) is 5.68. The number of halogens is 3. The third kappa shape index (κ3) is 5.47. The minimum absolute atomic E-state index is 0.0163. The molecule has 1 N–H and O–H groups in total. The molecule has 2 saturated heterocycles. The number of carbonyl (C=O) groups is 2. The second kappa shape index (κ2) is 9.09. The normalized spacial score (nSPS) is 23.9. The molecule has 28 heavy (non-hydrogen) atoms. The number of rotatable bonds is 2. The highest BCUT2D eigenvalue weighted by Gasteiger charge is 2.48. The number of amides is 2. The van der Waals surface area contributed by atoms with E-state index in [4.69, 9.17) is 19.4 Å². The molecule has 0 spiro atoms. The van der Waals surface area contributed by atoms with Crippen molar-refractivity contribution < 1.29 is 37.3 Å². The smallest absolute Gasteiger partial charge is 0.475 e. The molecule has 3 atom stereocenters. The molecule has 156 valence electrons. The Morgan fingerprint density at radius 2 is 2.04 bits per heavy atom. The van der Waals surface area contributed by atoms with Crippen LogP contribution in [0.2, 0.25) is 0 Å². The predicted octanol–water partition coefficient (Wildman–Crippen LogP) is 2.01. The minimum atomic E-state index is -5.08. The SMILES string of the molecule is CN(C)C(=O)N1C[C@H](Oc2ccccn2)[C@H]2OCCC[C@H]21.O=C(O)C(F)(F)F. The van der Waals surface area contributed by atoms with Crippen LogP contribution in [-0.4, -0.2) is 83.6 Å². The Labute approximate surface area is 159 Å². The number of urea groups is 1. The summed E-state index contributed by atoms with van der Waals surface area (Å²) in [5, 5.41) is 7.12. The third-order valence-corrected chi connectivity index (χ3v) is 4.26. The summed E-state index contributed by atoms with van der Waals surface area (Å²) in [7, 11) is 3.54. The van der Waals surface area contributed by atoms with Gasteiger partial charge in [0.25, 0.3) is 0 Å². The van der Waals surface area contributed by atoms with Crippen LogP contribution in [0.25, 0.3) is 0 Å².